The molecule has 6 nitrogen and oxygen atoms in total. The van der Waals surface area contributed by atoms with E-state index in [9.17, 15) is 4.79 Å². The summed E-state index contributed by atoms with van der Waals surface area (Å²) in [7, 11) is 3.00. The van der Waals surface area contributed by atoms with Crippen molar-refractivity contribution in [2.45, 2.75) is 32.1 Å². The molecule has 1 rings (SSSR count). The van der Waals surface area contributed by atoms with Crippen LogP contribution in [0.2, 0.25) is 0 Å². The fourth-order valence-corrected chi connectivity index (χ4v) is 2.00. The number of hydrogen-bond donors (Lipinski definition) is 2. The van der Waals surface area contributed by atoms with E-state index < -0.39 is 11.8 Å². The molecule has 0 aromatic rings. The Morgan fingerprint density at radius 2 is 2.06 bits per heavy atom. The van der Waals surface area contributed by atoms with E-state index in [0.717, 1.165) is 6.42 Å². The molecule has 1 atom stereocenters. The van der Waals surface area contributed by atoms with E-state index >= 15 is 0 Å². The Bertz CT molecular complexity index is 291. The topological polar surface area (TPSA) is 74.7 Å². The van der Waals surface area contributed by atoms with Crippen molar-refractivity contribution in [3.05, 3.63) is 0 Å². The van der Waals surface area contributed by atoms with Gasteiger partial charge in [-0.1, -0.05) is 6.92 Å². The van der Waals surface area contributed by atoms with Crippen molar-refractivity contribution in [1.29, 1.82) is 5.41 Å². The van der Waals surface area contributed by atoms with Crippen LogP contribution in [0.25, 0.3) is 0 Å². The number of methoxy groups -OCH3 is 2. The van der Waals surface area contributed by atoms with E-state index in [1.54, 1.807) is 11.8 Å². The first-order valence-electron chi connectivity index (χ1n) is 5.25. The quantitative estimate of drug-likeness (QED) is 0.684. The second-order valence-electron chi connectivity index (χ2n) is 3.91. The smallest absolute Gasteiger partial charge is 0.323 e. The Morgan fingerprint density at radius 3 is 2.50 bits per heavy atom. The first kappa shape index (κ1) is 12.9. The summed E-state index contributed by atoms with van der Waals surface area (Å²) in [6.45, 7) is 4.30. The van der Waals surface area contributed by atoms with E-state index in [4.69, 9.17) is 14.9 Å². The third-order valence-corrected chi connectivity index (χ3v) is 2.88. The number of urea groups is 1. The fraction of sp³-hybridized carbons (Fsp3) is 0.800. The molecular weight excluding hydrogens is 210 g/mol. The molecule has 1 aliphatic rings. The first-order chi connectivity index (χ1) is 7.52. The minimum atomic E-state index is -0.878. The number of nitrogens with one attached hydrogen (secondary N) is 2. The van der Waals surface area contributed by atoms with E-state index in [-0.39, 0.29) is 11.9 Å². The lowest BCUT2D eigenvalue weighted by Gasteiger charge is -2.37. The van der Waals surface area contributed by atoms with Gasteiger partial charge in [0.25, 0.3) is 0 Å². The van der Waals surface area contributed by atoms with Crippen LogP contribution in [0.5, 0.6) is 0 Å². The molecule has 0 saturated carbocycles. The van der Waals surface area contributed by atoms with Crippen molar-refractivity contribution in [2.75, 3.05) is 20.8 Å². The lowest BCUT2D eigenvalue weighted by atomic mass is 9.99. The number of ether oxygens (including phenoxy) is 2. The van der Waals surface area contributed by atoms with E-state index in [1.807, 2.05) is 6.92 Å². The number of hydrogen-bond acceptors (Lipinski definition) is 4. The zero-order valence-corrected chi connectivity index (χ0v) is 10.2. The first-order valence-corrected chi connectivity index (χ1v) is 5.25. The maximum atomic E-state index is 11.7. The van der Waals surface area contributed by atoms with Gasteiger partial charge in [0.2, 0.25) is 0 Å². The molecule has 16 heavy (non-hydrogen) atoms. The molecule has 0 bridgehead atoms. The van der Waals surface area contributed by atoms with Crippen molar-refractivity contribution in [3.63, 3.8) is 0 Å². The number of amides is 2. The zero-order chi connectivity index (χ0) is 12.3. The van der Waals surface area contributed by atoms with Crippen LogP contribution in [0.4, 0.5) is 4.79 Å². The van der Waals surface area contributed by atoms with E-state index in [0.29, 0.717) is 6.54 Å². The maximum absolute atomic E-state index is 11.7. The van der Waals surface area contributed by atoms with Gasteiger partial charge in [-0.15, -0.1) is 0 Å². The summed E-state index contributed by atoms with van der Waals surface area (Å²) in [5, 5.41) is 10.3. The van der Waals surface area contributed by atoms with Crippen LogP contribution < -0.4 is 5.32 Å². The van der Waals surface area contributed by atoms with Crippen molar-refractivity contribution < 1.29 is 14.3 Å². The average Bonchev–Trinajstić information content (AvgIpc) is 2.45. The number of rotatable bonds is 5. The zero-order valence-electron chi connectivity index (χ0n) is 10.2. The second-order valence-corrected chi connectivity index (χ2v) is 3.91. The van der Waals surface area contributed by atoms with Crippen LogP contribution >= 0.6 is 0 Å². The molecule has 2 amide bonds. The van der Waals surface area contributed by atoms with Gasteiger partial charge in [0, 0.05) is 20.8 Å². The predicted octanol–water partition coefficient (Wildman–Crippen LogP) is 0.776. The second kappa shape index (κ2) is 4.80. The maximum Gasteiger partial charge on any atom is 0.323 e. The molecule has 0 spiro atoms. The van der Waals surface area contributed by atoms with Gasteiger partial charge >= 0.3 is 6.03 Å². The van der Waals surface area contributed by atoms with Gasteiger partial charge in [-0.3, -0.25) is 10.7 Å². The summed E-state index contributed by atoms with van der Waals surface area (Å²) < 4.78 is 10.4. The van der Waals surface area contributed by atoms with Gasteiger partial charge in [-0.05, 0) is 13.3 Å². The Balaban J connectivity index is 3.04. The number of nitrogens with zero attached hydrogens (tertiary/aromatic N) is 1. The van der Waals surface area contributed by atoms with Crippen LogP contribution in [0.3, 0.4) is 0 Å². The number of carbonyl (C=O) groups is 1. The molecule has 1 unspecified atom stereocenters. The van der Waals surface area contributed by atoms with Gasteiger partial charge < -0.3 is 14.4 Å². The molecule has 0 aromatic carbocycles. The molecular formula is C10H19N3O3. The normalized spacial score (nSPS) is 25.4. The van der Waals surface area contributed by atoms with Crippen LogP contribution in [-0.4, -0.2) is 49.4 Å². The molecule has 1 aliphatic heterocycles. The van der Waals surface area contributed by atoms with Crippen LogP contribution in [0.1, 0.15) is 20.3 Å². The average molecular weight is 229 g/mol. The Kier molecular flexibility index (Phi) is 3.88. The Morgan fingerprint density at radius 1 is 1.50 bits per heavy atom. The molecule has 1 heterocycles. The van der Waals surface area contributed by atoms with Crippen molar-refractivity contribution in [3.8, 4) is 0 Å². The Labute approximate surface area is 95.4 Å². The third kappa shape index (κ3) is 1.78. The highest BCUT2D eigenvalue weighted by atomic mass is 16.7. The van der Waals surface area contributed by atoms with Gasteiger partial charge in [0.05, 0.1) is 0 Å². The van der Waals surface area contributed by atoms with Gasteiger partial charge in [0.1, 0.15) is 11.4 Å². The summed E-state index contributed by atoms with van der Waals surface area (Å²) >= 11 is 0. The predicted molar refractivity (Wildman–Crippen MR) is 59.5 cm³/mol. The minimum absolute atomic E-state index is 0.111. The molecule has 2 N–H and O–H groups in total. The van der Waals surface area contributed by atoms with Crippen LogP contribution in [0.15, 0.2) is 0 Å². The monoisotopic (exact) mass is 229 g/mol. The number of carbonyl (C=O) groups excluding carboxylic acids is 1. The molecule has 1 fully saturated rings. The van der Waals surface area contributed by atoms with Crippen LogP contribution in [-0.2, 0) is 9.47 Å². The molecule has 0 radical (unpaired) electrons. The third-order valence-electron chi connectivity index (χ3n) is 2.88. The summed E-state index contributed by atoms with van der Waals surface area (Å²) in [6, 6.07) is -0.270. The summed E-state index contributed by atoms with van der Waals surface area (Å²) in [5.74, 6) is 0.111. The van der Waals surface area contributed by atoms with Crippen molar-refractivity contribution in [1.82, 2.24) is 10.2 Å². The fourth-order valence-electron chi connectivity index (χ4n) is 2.00. The number of amidine groups is 1. The summed E-state index contributed by atoms with van der Waals surface area (Å²) in [6.07, 6.45) is 0.168. The highest BCUT2D eigenvalue weighted by Gasteiger charge is 2.52. The van der Waals surface area contributed by atoms with Gasteiger partial charge in [-0.25, -0.2) is 4.79 Å². The molecule has 0 aliphatic carbocycles. The highest BCUT2D eigenvalue weighted by Crippen LogP contribution is 2.28. The Hall–Kier alpha value is -1.14. The molecule has 6 heteroatoms. The largest absolute Gasteiger partial charge is 0.353 e. The minimum Gasteiger partial charge on any atom is -0.353 e. The SMILES string of the molecule is CCCN1C(=O)NC(=N)C1(C)C(OC)OC. The molecule has 0 aromatic heterocycles. The molecule has 1 saturated heterocycles. The molecule has 92 valence electrons. The lowest BCUT2D eigenvalue weighted by molar-refractivity contribution is -0.151. The van der Waals surface area contributed by atoms with E-state index in [2.05, 4.69) is 5.32 Å². The summed E-state index contributed by atoms with van der Waals surface area (Å²) in [5.41, 5.74) is -0.878. The van der Waals surface area contributed by atoms with Crippen LogP contribution in [0, 0.1) is 5.41 Å². The van der Waals surface area contributed by atoms with Gasteiger partial charge in [-0.2, -0.15) is 0 Å². The van der Waals surface area contributed by atoms with Crippen molar-refractivity contribution >= 4 is 11.9 Å². The summed E-state index contributed by atoms with van der Waals surface area (Å²) in [4.78, 5) is 13.3. The van der Waals surface area contributed by atoms with Crippen molar-refractivity contribution in [2.24, 2.45) is 0 Å². The van der Waals surface area contributed by atoms with Gasteiger partial charge in [0.15, 0.2) is 6.29 Å². The highest BCUT2D eigenvalue weighted by molar-refractivity contribution is 6.08. The van der Waals surface area contributed by atoms with E-state index in [1.165, 1.54) is 14.2 Å². The standard InChI is InChI=1S/C10H19N3O3/c1-5-6-13-9(14)12-7(11)10(13,2)8(15-3)16-4/h8H,5-6H2,1-4H3,(H2,11,12,14). The lowest BCUT2D eigenvalue weighted by Crippen LogP contribution is -2.57.